The summed E-state index contributed by atoms with van der Waals surface area (Å²) in [7, 11) is 0. The molecule has 0 saturated heterocycles. The number of Topliss-reactive ketones (excluding diaryl/α,β-unsaturated/α-hetero) is 1. The maximum atomic E-state index is 13.4. The van der Waals surface area contributed by atoms with Crippen molar-refractivity contribution in [3.8, 4) is 6.07 Å². The Morgan fingerprint density at radius 1 is 1.43 bits per heavy atom. The summed E-state index contributed by atoms with van der Waals surface area (Å²) in [6.45, 7) is 0.437. The van der Waals surface area contributed by atoms with Crippen molar-refractivity contribution in [3.05, 3.63) is 40.7 Å². The molecule has 0 unspecified atom stereocenters. The van der Waals surface area contributed by atoms with Gasteiger partial charge in [0.25, 0.3) is 5.91 Å². The zero-order valence-corrected chi connectivity index (χ0v) is 11.9. The van der Waals surface area contributed by atoms with Crippen LogP contribution in [0.25, 0.3) is 5.76 Å². The van der Waals surface area contributed by atoms with Crippen LogP contribution in [0.2, 0.25) is 0 Å². The van der Waals surface area contributed by atoms with Crippen LogP contribution in [0.4, 0.5) is 4.39 Å². The van der Waals surface area contributed by atoms with Crippen molar-refractivity contribution in [2.75, 3.05) is 6.54 Å². The number of amides is 1. The fraction of sp³-hybridized carbons (Fsp3) is 0.200. The molecule has 23 heavy (non-hydrogen) atoms. The minimum absolute atomic E-state index is 0.0319. The highest BCUT2D eigenvalue weighted by Gasteiger charge is 2.47. The molecule has 0 heterocycles. The van der Waals surface area contributed by atoms with Gasteiger partial charge in [-0.2, -0.15) is 5.26 Å². The van der Waals surface area contributed by atoms with E-state index in [4.69, 9.17) is 5.11 Å². The summed E-state index contributed by atoms with van der Waals surface area (Å²) >= 11 is 0. The number of ketones is 1. The van der Waals surface area contributed by atoms with E-state index in [0.717, 1.165) is 18.2 Å². The molecule has 0 bridgehead atoms. The number of benzene rings is 1. The molecule has 0 spiro atoms. The topological polar surface area (TPSA) is 127 Å². The van der Waals surface area contributed by atoms with Crippen molar-refractivity contribution < 1.29 is 29.0 Å². The summed E-state index contributed by atoms with van der Waals surface area (Å²) < 4.78 is 13.4. The van der Waals surface area contributed by atoms with Crippen molar-refractivity contribution in [1.29, 1.82) is 5.26 Å². The number of nitrogens with one attached hydrogen (secondary N) is 1. The van der Waals surface area contributed by atoms with Crippen LogP contribution in [0, 0.1) is 17.1 Å². The van der Waals surface area contributed by atoms with Crippen molar-refractivity contribution in [1.82, 2.24) is 5.32 Å². The van der Waals surface area contributed by atoms with Gasteiger partial charge < -0.3 is 15.5 Å². The number of rotatable bonds is 3. The van der Waals surface area contributed by atoms with Gasteiger partial charge in [-0.05, 0) is 30.7 Å². The van der Waals surface area contributed by atoms with E-state index in [0.29, 0.717) is 0 Å². The largest absolute Gasteiger partial charge is 0.506 e. The molecule has 0 saturated carbocycles. The molecule has 1 amide bonds. The van der Waals surface area contributed by atoms with E-state index in [2.05, 4.69) is 0 Å². The summed E-state index contributed by atoms with van der Waals surface area (Å²) in [5, 5.41) is 30.0. The Hall–Kier alpha value is -3.21. The van der Waals surface area contributed by atoms with Crippen LogP contribution >= 0.6 is 0 Å². The number of hydrogen-bond donors (Lipinski definition) is 3. The zero-order valence-electron chi connectivity index (χ0n) is 11.9. The van der Waals surface area contributed by atoms with E-state index >= 15 is 0 Å². The van der Waals surface area contributed by atoms with Crippen LogP contribution in [0.3, 0.4) is 0 Å². The molecular weight excluding hydrogens is 307 g/mol. The number of carboxylic acid groups (broad SMARTS) is 1. The molecule has 0 radical (unpaired) electrons. The first kappa shape index (κ1) is 16.2. The predicted octanol–water partition coefficient (Wildman–Crippen LogP) is 0.660. The Morgan fingerprint density at radius 2 is 2.09 bits per heavy atom. The lowest BCUT2D eigenvalue weighted by atomic mass is 9.70. The average Bonchev–Trinajstić information content (AvgIpc) is 2.50. The van der Waals surface area contributed by atoms with E-state index in [1.54, 1.807) is 6.07 Å². The smallest absolute Gasteiger partial charge is 0.322 e. The number of carbonyl (C=O) groups is 3. The van der Waals surface area contributed by atoms with Crippen LogP contribution in [0.15, 0.2) is 23.8 Å². The van der Waals surface area contributed by atoms with Crippen molar-refractivity contribution in [3.63, 3.8) is 0 Å². The minimum atomic E-state index is -1.88. The van der Waals surface area contributed by atoms with Gasteiger partial charge in [0.05, 0.1) is 6.07 Å². The first-order chi connectivity index (χ1) is 10.7. The van der Waals surface area contributed by atoms with Gasteiger partial charge in [0.15, 0.2) is 5.78 Å². The van der Waals surface area contributed by atoms with E-state index in [9.17, 15) is 29.1 Å². The molecule has 0 aliphatic heterocycles. The molecular formula is C15H11FN2O5. The monoisotopic (exact) mass is 318 g/mol. The fourth-order valence-corrected chi connectivity index (χ4v) is 2.32. The van der Waals surface area contributed by atoms with E-state index in [-0.39, 0.29) is 11.1 Å². The molecule has 1 aromatic carbocycles. The number of carboxylic acids is 1. The molecule has 3 N–H and O–H groups in total. The maximum Gasteiger partial charge on any atom is 0.322 e. The maximum absolute atomic E-state index is 13.4. The Kier molecular flexibility index (Phi) is 3.89. The van der Waals surface area contributed by atoms with Gasteiger partial charge in [-0.25, -0.2) is 4.39 Å². The number of fused-ring (bicyclic) bond motifs is 1. The Bertz CT molecular complexity index is 809. The van der Waals surface area contributed by atoms with Gasteiger partial charge in [0, 0.05) is 5.56 Å². The second-order valence-electron chi connectivity index (χ2n) is 5.06. The first-order valence-electron chi connectivity index (χ1n) is 6.42. The normalized spacial score (nSPS) is 19.8. The highest BCUT2D eigenvalue weighted by Crippen LogP contribution is 2.39. The number of carbonyl (C=O) groups excluding carboxylic acids is 2. The number of hydrogen-bond acceptors (Lipinski definition) is 5. The molecule has 0 fully saturated rings. The van der Waals surface area contributed by atoms with Crippen molar-refractivity contribution >= 4 is 23.4 Å². The van der Waals surface area contributed by atoms with E-state index in [1.807, 2.05) is 5.32 Å². The molecule has 0 aromatic heterocycles. The first-order valence-corrected chi connectivity index (χ1v) is 6.42. The number of aliphatic hydroxyl groups is 1. The van der Waals surface area contributed by atoms with E-state index in [1.165, 1.54) is 6.92 Å². The number of nitriles is 1. The highest BCUT2D eigenvalue weighted by atomic mass is 19.1. The third kappa shape index (κ3) is 2.53. The van der Waals surface area contributed by atoms with Crippen LogP contribution in [-0.2, 0) is 19.8 Å². The van der Waals surface area contributed by atoms with Crippen LogP contribution in [0.5, 0.6) is 0 Å². The summed E-state index contributed by atoms with van der Waals surface area (Å²) in [4.78, 5) is 35.0. The molecule has 8 heteroatoms. The van der Waals surface area contributed by atoms with Gasteiger partial charge in [-0.3, -0.25) is 14.4 Å². The second kappa shape index (κ2) is 5.53. The van der Waals surface area contributed by atoms with Crippen molar-refractivity contribution in [2.24, 2.45) is 0 Å². The molecule has 1 aliphatic rings. The Labute approximate surface area is 129 Å². The van der Waals surface area contributed by atoms with Crippen LogP contribution < -0.4 is 5.32 Å². The van der Waals surface area contributed by atoms with E-state index < -0.39 is 46.8 Å². The lowest BCUT2D eigenvalue weighted by Gasteiger charge is -2.29. The Balaban J connectivity index is 2.63. The molecule has 1 atom stereocenters. The van der Waals surface area contributed by atoms with Gasteiger partial charge in [0.1, 0.15) is 29.1 Å². The summed E-state index contributed by atoms with van der Waals surface area (Å²) in [6, 6.07) is 4.82. The Morgan fingerprint density at radius 3 is 2.65 bits per heavy atom. The third-order valence-corrected chi connectivity index (χ3v) is 3.54. The fourth-order valence-electron chi connectivity index (χ4n) is 2.32. The molecule has 7 nitrogen and oxygen atoms in total. The average molecular weight is 318 g/mol. The lowest BCUT2D eigenvalue weighted by Crippen LogP contribution is -2.43. The van der Waals surface area contributed by atoms with Crippen molar-refractivity contribution in [2.45, 2.75) is 12.3 Å². The number of halogens is 1. The minimum Gasteiger partial charge on any atom is -0.506 e. The standard InChI is InChI=1S/C15H11FN2O5/c1-15(6-17)9-4-7(16)2-3-8(9)12(21)11(13(15)22)14(23)18-5-10(19)20/h2-4,21H,5H2,1H3,(H,18,23)(H,19,20)/t15-/m1/s1. The SMILES string of the molecule is C[C@]1(C#N)C(=O)C(C(=O)NCC(=O)O)=C(O)c2ccc(F)cc21. The van der Waals surface area contributed by atoms with Gasteiger partial charge in [-0.15, -0.1) is 0 Å². The number of nitrogens with zero attached hydrogens (tertiary/aromatic N) is 1. The molecule has 1 aliphatic carbocycles. The predicted molar refractivity (Wildman–Crippen MR) is 74.6 cm³/mol. The quantitative estimate of drug-likeness (QED) is 0.702. The number of aliphatic carboxylic acids is 1. The van der Waals surface area contributed by atoms with Crippen LogP contribution in [-0.4, -0.2) is 34.4 Å². The third-order valence-electron chi connectivity index (χ3n) is 3.54. The summed E-state index contributed by atoms with van der Waals surface area (Å²) in [5.74, 6) is -4.91. The van der Waals surface area contributed by atoms with Gasteiger partial charge in [-0.1, -0.05) is 0 Å². The molecule has 1 aromatic rings. The summed E-state index contributed by atoms with van der Waals surface area (Å²) in [5.41, 5.74) is -2.69. The number of aliphatic hydroxyl groups excluding tert-OH is 1. The second-order valence-corrected chi connectivity index (χ2v) is 5.06. The highest BCUT2D eigenvalue weighted by molar-refractivity contribution is 6.29. The lowest BCUT2D eigenvalue weighted by molar-refractivity contribution is -0.137. The zero-order chi connectivity index (χ0) is 17.4. The van der Waals surface area contributed by atoms with Gasteiger partial charge in [0.2, 0.25) is 0 Å². The molecule has 118 valence electrons. The summed E-state index contributed by atoms with van der Waals surface area (Å²) in [6.07, 6.45) is 0. The van der Waals surface area contributed by atoms with Crippen LogP contribution in [0.1, 0.15) is 18.1 Å². The van der Waals surface area contributed by atoms with Gasteiger partial charge >= 0.3 is 5.97 Å². The molecule has 2 rings (SSSR count).